The number of carbonyl (C=O) groups excluding carboxylic acids is 1. The molecule has 1 saturated heterocycles. The highest BCUT2D eigenvalue weighted by Crippen LogP contribution is 2.22. The first-order chi connectivity index (χ1) is 9.01. The predicted octanol–water partition coefficient (Wildman–Crippen LogP) is -0.0820. The third kappa shape index (κ3) is 2.71. The highest BCUT2D eigenvalue weighted by atomic mass is 16.6. The zero-order valence-corrected chi connectivity index (χ0v) is 10.3. The molecule has 1 fully saturated rings. The summed E-state index contributed by atoms with van der Waals surface area (Å²) in [6.45, 7) is 0.646. The van der Waals surface area contributed by atoms with Gasteiger partial charge in [-0.2, -0.15) is 0 Å². The molecule has 0 saturated carbocycles. The fourth-order valence-electron chi connectivity index (χ4n) is 1.90. The van der Waals surface area contributed by atoms with Gasteiger partial charge in [0.15, 0.2) is 0 Å². The van der Waals surface area contributed by atoms with Gasteiger partial charge < -0.3 is 15.6 Å². The number of anilines is 2. The molecule has 2 rings (SSSR count). The number of carbonyl (C=O) groups is 1. The summed E-state index contributed by atoms with van der Waals surface area (Å²) in [5, 5.41) is 13.7. The Kier molecular flexibility index (Phi) is 3.47. The molecule has 102 valence electrons. The third-order valence-corrected chi connectivity index (χ3v) is 2.92. The zero-order chi connectivity index (χ0) is 14.0. The number of rotatable bonds is 4. The summed E-state index contributed by atoms with van der Waals surface area (Å²) < 4.78 is 0. The Morgan fingerprint density at radius 2 is 2.21 bits per heavy atom. The van der Waals surface area contributed by atoms with Gasteiger partial charge in [-0.25, -0.2) is 10.8 Å². The summed E-state index contributed by atoms with van der Waals surface area (Å²) in [4.78, 5) is 27.6. The largest absolute Gasteiger partial charge is 0.358 e. The van der Waals surface area contributed by atoms with E-state index in [-0.39, 0.29) is 23.2 Å². The maximum atomic E-state index is 11.7. The van der Waals surface area contributed by atoms with Crippen LogP contribution in [-0.2, 0) is 4.79 Å². The van der Waals surface area contributed by atoms with Crippen molar-refractivity contribution in [2.24, 2.45) is 5.84 Å². The van der Waals surface area contributed by atoms with E-state index in [0.717, 1.165) is 0 Å². The molecule has 9 heteroatoms. The summed E-state index contributed by atoms with van der Waals surface area (Å²) in [6, 6.07) is 2.07. The van der Waals surface area contributed by atoms with Crippen LogP contribution in [0.5, 0.6) is 0 Å². The Labute approximate surface area is 108 Å². The van der Waals surface area contributed by atoms with Crippen molar-refractivity contribution in [3.8, 4) is 0 Å². The van der Waals surface area contributed by atoms with Gasteiger partial charge in [-0.15, -0.1) is 0 Å². The minimum absolute atomic E-state index is 0.0597. The Morgan fingerprint density at radius 1 is 1.53 bits per heavy atom. The minimum Gasteiger partial charge on any atom is -0.358 e. The van der Waals surface area contributed by atoms with Crippen LogP contribution >= 0.6 is 0 Å². The van der Waals surface area contributed by atoms with Crippen LogP contribution in [-0.4, -0.2) is 40.3 Å². The molecule has 1 aromatic rings. The van der Waals surface area contributed by atoms with Gasteiger partial charge >= 0.3 is 0 Å². The van der Waals surface area contributed by atoms with Crippen molar-refractivity contribution in [1.82, 2.24) is 9.88 Å². The second kappa shape index (κ2) is 5.06. The number of aromatic nitrogens is 1. The van der Waals surface area contributed by atoms with Crippen LogP contribution in [0, 0.1) is 10.1 Å². The molecule has 1 aliphatic rings. The Balaban J connectivity index is 2.22. The molecule has 1 aromatic heterocycles. The Bertz CT molecular complexity index is 520. The second-order valence-corrected chi connectivity index (χ2v) is 4.24. The number of likely N-dealkylation sites (tertiary alicyclic amines) is 1. The molecule has 1 aliphatic heterocycles. The van der Waals surface area contributed by atoms with Crippen molar-refractivity contribution in [2.75, 3.05) is 24.3 Å². The molecule has 0 bridgehead atoms. The van der Waals surface area contributed by atoms with Crippen molar-refractivity contribution < 1.29 is 9.72 Å². The minimum atomic E-state index is -0.545. The molecule has 19 heavy (non-hydrogen) atoms. The lowest BCUT2D eigenvalue weighted by atomic mass is 10.2. The summed E-state index contributed by atoms with van der Waals surface area (Å²) in [5.41, 5.74) is 2.11. The van der Waals surface area contributed by atoms with E-state index in [4.69, 9.17) is 5.84 Å². The maximum Gasteiger partial charge on any atom is 0.276 e. The van der Waals surface area contributed by atoms with E-state index < -0.39 is 11.0 Å². The number of hydrogen-bond acceptors (Lipinski definition) is 7. The van der Waals surface area contributed by atoms with Crippen molar-refractivity contribution in [1.29, 1.82) is 0 Å². The van der Waals surface area contributed by atoms with Gasteiger partial charge in [-0.05, 0) is 6.42 Å². The van der Waals surface area contributed by atoms with Crippen molar-refractivity contribution in [3.05, 3.63) is 22.2 Å². The van der Waals surface area contributed by atoms with Crippen LogP contribution in [0.1, 0.15) is 6.42 Å². The second-order valence-electron chi connectivity index (χ2n) is 4.24. The number of nitrogens with one attached hydrogen (secondary N) is 2. The first-order valence-electron chi connectivity index (χ1n) is 5.66. The van der Waals surface area contributed by atoms with Gasteiger partial charge in [0, 0.05) is 13.6 Å². The van der Waals surface area contributed by atoms with E-state index in [1.165, 1.54) is 12.1 Å². The number of hydrogen-bond donors (Lipinski definition) is 3. The Hall–Kier alpha value is -2.42. The lowest BCUT2D eigenvalue weighted by Gasteiger charge is -2.13. The van der Waals surface area contributed by atoms with Gasteiger partial charge in [0.2, 0.25) is 5.91 Å². The van der Waals surface area contributed by atoms with Crippen molar-refractivity contribution in [3.63, 3.8) is 0 Å². The standard InChI is InChI=1S/C10H14N6O3/c1-15-3-2-7(10(15)17)12-8-4-6(16(18)19)5-9(13-8)14-11/h4-5,7H,2-3,11H2,1H3,(H2,12,13,14). The average molecular weight is 266 g/mol. The molecular weight excluding hydrogens is 252 g/mol. The molecule has 0 radical (unpaired) electrons. The van der Waals surface area contributed by atoms with Crippen LogP contribution in [0.15, 0.2) is 12.1 Å². The molecule has 1 unspecified atom stereocenters. The summed E-state index contributed by atoms with van der Waals surface area (Å²) in [7, 11) is 1.71. The zero-order valence-electron chi connectivity index (χ0n) is 10.3. The number of nitrogens with two attached hydrogens (primary N) is 1. The number of nitro groups is 1. The third-order valence-electron chi connectivity index (χ3n) is 2.92. The lowest BCUT2D eigenvalue weighted by molar-refractivity contribution is -0.384. The molecule has 0 spiro atoms. The molecule has 9 nitrogen and oxygen atoms in total. The van der Waals surface area contributed by atoms with E-state index in [1.54, 1.807) is 11.9 Å². The highest BCUT2D eigenvalue weighted by Gasteiger charge is 2.29. The molecular formula is C10H14N6O3. The van der Waals surface area contributed by atoms with Gasteiger partial charge in [0.05, 0.1) is 17.1 Å². The summed E-state index contributed by atoms with van der Waals surface area (Å²) >= 11 is 0. The van der Waals surface area contributed by atoms with Crippen LogP contribution in [0.2, 0.25) is 0 Å². The first kappa shape index (κ1) is 13.0. The average Bonchev–Trinajstić information content (AvgIpc) is 2.70. The molecule has 1 amide bonds. The smallest absolute Gasteiger partial charge is 0.276 e. The Morgan fingerprint density at radius 3 is 2.74 bits per heavy atom. The monoisotopic (exact) mass is 266 g/mol. The van der Waals surface area contributed by atoms with Crippen LogP contribution in [0.4, 0.5) is 17.3 Å². The highest BCUT2D eigenvalue weighted by molar-refractivity contribution is 5.86. The van der Waals surface area contributed by atoms with Crippen molar-refractivity contribution >= 4 is 23.2 Å². The lowest BCUT2D eigenvalue weighted by Crippen LogP contribution is -2.31. The van der Waals surface area contributed by atoms with Crippen LogP contribution < -0.4 is 16.6 Å². The van der Waals surface area contributed by atoms with Crippen LogP contribution in [0.3, 0.4) is 0 Å². The number of amides is 1. The molecule has 4 N–H and O–H groups in total. The first-order valence-corrected chi connectivity index (χ1v) is 5.66. The molecule has 2 heterocycles. The molecule has 0 aromatic carbocycles. The van der Waals surface area contributed by atoms with Gasteiger partial charge in [-0.3, -0.25) is 14.9 Å². The predicted molar refractivity (Wildman–Crippen MR) is 68.4 cm³/mol. The summed E-state index contributed by atoms with van der Waals surface area (Å²) in [6.07, 6.45) is 0.630. The fraction of sp³-hybridized carbons (Fsp3) is 0.400. The quantitative estimate of drug-likeness (QED) is 0.395. The van der Waals surface area contributed by atoms with E-state index in [2.05, 4.69) is 15.7 Å². The number of nitrogens with zero attached hydrogens (tertiary/aromatic N) is 3. The van der Waals surface area contributed by atoms with E-state index >= 15 is 0 Å². The SMILES string of the molecule is CN1CCC(Nc2cc([N+](=O)[O-])cc(NN)n2)C1=O. The van der Waals surface area contributed by atoms with Crippen molar-refractivity contribution in [2.45, 2.75) is 12.5 Å². The topological polar surface area (TPSA) is 126 Å². The van der Waals surface area contributed by atoms with Gasteiger partial charge in [-0.1, -0.05) is 0 Å². The van der Waals surface area contributed by atoms with E-state index in [1.807, 2.05) is 0 Å². The number of hydrazine groups is 1. The van der Waals surface area contributed by atoms with E-state index in [0.29, 0.717) is 13.0 Å². The number of likely N-dealkylation sites (N-methyl/N-ethyl adjacent to an activating group) is 1. The van der Waals surface area contributed by atoms with E-state index in [9.17, 15) is 14.9 Å². The summed E-state index contributed by atoms with van der Waals surface area (Å²) in [5.74, 6) is 5.56. The number of nitrogen functional groups attached to an aromatic ring is 1. The van der Waals surface area contributed by atoms with Crippen LogP contribution in [0.25, 0.3) is 0 Å². The maximum absolute atomic E-state index is 11.7. The van der Waals surface area contributed by atoms with Gasteiger partial charge in [0.25, 0.3) is 5.69 Å². The van der Waals surface area contributed by atoms with Gasteiger partial charge in [0.1, 0.15) is 17.7 Å². The number of pyridine rings is 1. The molecule has 1 atom stereocenters. The normalized spacial score (nSPS) is 18.5. The molecule has 0 aliphatic carbocycles. The fourth-order valence-corrected chi connectivity index (χ4v) is 1.90.